The van der Waals surface area contributed by atoms with Crippen molar-refractivity contribution >= 4 is 55.3 Å². The molecule has 0 aliphatic rings. The van der Waals surface area contributed by atoms with E-state index in [-0.39, 0.29) is 5.41 Å². The monoisotopic (exact) mass is 557 g/mol. The van der Waals surface area contributed by atoms with Crippen molar-refractivity contribution in [2.75, 3.05) is 5.32 Å². The Morgan fingerprint density at radius 2 is 1.19 bits per heavy atom. The summed E-state index contributed by atoms with van der Waals surface area (Å²) in [6.07, 6.45) is 0. The lowest BCUT2D eigenvalue weighted by Gasteiger charge is -2.19. The van der Waals surface area contributed by atoms with Crippen molar-refractivity contribution in [1.82, 2.24) is 0 Å². The molecule has 0 aliphatic heterocycles. The van der Waals surface area contributed by atoms with Crippen molar-refractivity contribution in [3.63, 3.8) is 0 Å². The van der Waals surface area contributed by atoms with Crippen LogP contribution >= 0.6 is 0 Å². The first kappa shape index (κ1) is 25.4. The molecule has 0 radical (unpaired) electrons. The van der Waals surface area contributed by atoms with E-state index in [1.807, 2.05) is 18.2 Å². The smallest absolute Gasteiger partial charge is 0.158 e. The zero-order chi connectivity index (χ0) is 29.1. The second-order valence-corrected chi connectivity index (χ2v) is 12.3. The van der Waals surface area contributed by atoms with Crippen molar-refractivity contribution in [3.8, 4) is 22.3 Å². The molecule has 0 bridgehead atoms. The zero-order valence-electron chi connectivity index (χ0n) is 24.4. The fourth-order valence-electron chi connectivity index (χ4n) is 6.18. The summed E-state index contributed by atoms with van der Waals surface area (Å²) < 4.78 is 13.0. The standard InChI is InChI=1S/C40H31NO2/c1-40(2,3)28-21-18-25(19-22-28)27-20-23-30-31-13-8-16-34(39(31)43-36(30)24-27)41-33-15-9-17-35-37(33)32-14-7-12-29(38(32)42-35)26-10-5-4-6-11-26/h4-24,41H,1-3H3. The van der Waals surface area contributed by atoms with Crippen LogP contribution in [0.15, 0.2) is 136 Å². The van der Waals surface area contributed by atoms with Gasteiger partial charge in [0, 0.05) is 21.7 Å². The normalized spacial score (nSPS) is 12.1. The number of fused-ring (bicyclic) bond motifs is 6. The van der Waals surface area contributed by atoms with E-state index in [9.17, 15) is 0 Å². The molecule has 43 heavy (non-hydrogen) atoms. The summed E-state index contributed by atoms with van der Waals surface area (Å²) in [5, 5.41) is 8.04. The van der Waals surface area contributed by atoms with Crippen molar-refractivity contribution in [3.05, 3.63) is 133 Å². The molecule has 0 aliphatic carbocycles. The molecule has 0 saturated carbocycles. The Labute approximate surface area is 250 Å². The average molecular weight is 558 g/mol. The number of hydrogen-bond donors (Lipinski definition) is 1. The molecule has 2 aromatic heterocycles. The first-order chi connectivity index (χ1) is 20.9. The lowest BCUT2D eigenvalue weighted by atomic mass is 9.86. The number of furan rings is 2. The van der Waals surface area contributed by atoms with E-state index >= 15 is 0 Å². The second-order valence-electron chi connectivity index (χ2n) is 12.3. The Morgan fingerprint density at radius 3 is 2.00 bits per heavy atom. The van der Waals surface area contributed by atoms with Gasteiger partial charge in [-0.15, -0.1) is 0 Å². The third-order valence-electron chi connectivity index (χ3n) is 8.46. The summed E-state index contributed by atoms with van der Waals surface area (Å²) >= 11 is 0. The molecule has 0 unspecified atom stereocenters. The van der Waals surface area contributed by atoms with Crippen LogP contribution < -0.4 is 5.32 Å². The van der Waals surface area contributed by atoms with Crippen LogP contribution in [0.4, 0.5) is 11.4 Å². The Kier molecular flexibility index (Phi) is 5.70. The van der Waals surface area contributed by atoms with Gasteiger partial charge in [0.05, 0.1) is 16.8 Å². The van der Waals surface area contributed by atoms with E-state index in [1.54, 1.807) is 0 Å². The van der Waals surface area contributed by atoms with Gasteiger partial charge in [-0.1, -0.05) is 118 Å². The van der Waals surface area contributed by atoms with E-state index in [1.165, 1.54) is 11.1 Å². The first-order valence-electron chi connectivity index (χ1n) is 14.8. The van der Waals surface area contributed by atoms with E-state index < -0.39 is 0 Å². The highest BCUT2D eigenvalue weighted by Gasteiger charge is 2.18. The van der Waals surface area contributed by atoms with Gasteiger partial charge in [-0.25, -0.2) is 0 Å². The van der Waals surface area contributed by atoms with Crippen LogP contribution in [0.5, 0.6) is 0 Å². The van der Waals surface area contributed by atoms with Crippen LogP contribution in [-0.4, -0.2) is 0 Å². The minimum Gasteiger partial charge on any atom is -0.455 e. The minimum absolute atomic E-state index is 0.127. The molecule has 0 atom stereocenters. The Morgan fingerprint density at radius 1 is 0.488 bits per heavy atom. The van der Waals surface area contributed by atoms with E-state index in [2.05, 4.69) is 135 Å². The van der Waals surface area contributed by atoms with Gasteiger partial charge < -0.3 is 14.2 Å². The summed E-state index contributed by atoms with van der Waals surface area (Å²) in [5.41, 5.74) is 11.4. The van der Waals surface area contributed by atoms with Crippen LogP contribution in [0, 0.1) is 0 Å². The van der Waals surface area contributed by atoms with Crippen LogP contribution in [0.2, 0.25) is 0 Å². The van der Waals surface area contributed by atoms with Gasteiger partial charge in [0.15, 0.2) is 5.58 Å². The van der Waals surface area contributed by atoms with Crippen molar-refractivity contribution < 1.29 is 8.83 Å². The summed E-state index contributed by atoms with van der Waals surface area (Å²) in [7, 11) is 0. The quantitative estimate of drug-likeness (QED) is 0.234. The average Bonchev–Trinajstić information content (AvgIpc) is 3.60. The number of hydrogen-bond acceptors (Lipinski definition) is 3. The minimum atomic E-state index is 0.127. The van der Waals surface area contributed by atoms with Gasteiger partial charge in [0.25, 0.3) is 0 Å². The maximum atomic E-state index is 6.57. The predicted octanol–water partition coefficient (Wildman–Crippen LogP) is 11.9. The van der Waals surface area contributed by atoms with Gasteiger partial charge in [-0.2, -0.15) is 0 Å². The molecule has 3 nitrogen and oxygen atoms in total. The summed E-state index contributed by atoms with van der Waals surface area (Å²) in [4.78, 5) is 0. The van der Waals surface area contributed by atoms with Gasteiger partial charge in [0.1, 0.15) is 16.7 Å². The van der Waals surface area contributed by atoms with Crippen LogP contribution in [0.25, 0.3) is 66.1 Å². The maximum absolute atomic E-state index is 6.57. The lowest BCUT2D eigenvalue weighted by Crippen LogP contribution is -2.10. The second kappa shape index (κ2) is 9.64. The van der Waals surface area contributed by atoms with Crippen molar-refractivity contribution in [2.24, 2.45) is 0 Å². The number of benzene rings is 6. The third-order valence-corrected chi connectivity index (χ3v) is 8.46. The number of para-hydroxylation sites is 2. The number of rotatable bonds is 4. The molecular formula is C40H31NO2. The molecule has 0 amide bonds. The van der Waals surface area contributed by atoms with Gasteiger partial charge in [-0.05, 0) is 58.0 Å². The molecule has 208 valence electrons. The fraction of sp³-hybridized carbons (Fsp3) is 0.100. The predicted molar refractivity (Wildman–Crippen MR) is 180 cm³/mol. The fourth-order valence-corrected chi connectivity index (χ4v) is 6.18. The maximum Gasteiger partial charge on any atom is 0.158 e. The van der Waals surface area contributed by atoms with Crippen LogP contribution in [0.3, 0.4) is 0 Å². The van der Waals surface area contributed by atoms with Gasteiger partial charge >= 0.3 is 0 Å². The van der Waals surface area contributed by atoms with E-state index in [0.717, 1.165) is 71.9 Å². The first-order valence-corrected chi connectivity index (χ1v) is 14.8. The molecule has 0 saturated heterocycles. The van der Waals surface area contributed by atoms with Gasteiger partial charge in [-0.3, -0.25) is 0 Å². The molecule has 1 N–H and O–H groups in total. The number of anilines is 2. The highest BCUT2D eigenvalue weighted by Crippen LogP contribution is 2.42. The molecule has 0 fully saturated rings. The highest BCUT2D eigenvalue weighted by molar-refractivity contribution is 6.16. The molecule has 2 heterocycles. The summed E-state index contributed by atoms with van der Waals surface area (Å²) in [6, 6.07) is 44.6. The van der Waals surface area contributed by atoms with E-state index in [0.29, 0.717) is 0 Å². The largest absolute Gasteiger partial charge is 0.455 e. The highest BCUT2D eigenvalue weighted by atomic mass is 16.3. The Balaban J connectivity index is 1.22. The Bertz CT molecular complexity index is 2280. The lowest BCUT2D eigenvalue weighted by molar-refractivity contribution is 0.590. The zero-order valence-corrected chi connectivity index (χ0v) is 24.4. The molecule has 6 aromatic carbocycles. The topological polar surface area (TPSA) is 38.3 Å². The van der Waals surface area contributed by atoms with Gasteiger partial charge in [0.2, 0.25) is 0 Å². The van der Waals surface area contributed by atoms with Crippen molar-refractivity contribution in [1.29, 1.82) is 0 Å². The Hall–Kier alpha value is -5.28. The summed E-state index contributed by atoms with van der Waals surface area (Å²) in [6.45, 7) is 6.72. The SMILES string of the molecule is CC(C)(C)c1ccc(-c2ccc3c(c2)oc2c(Nc4cccc5oc6c(-c7ccccc7)cccc6c45)cccc23)cc1. The third kappa shape index (κ3) is 4.28. The van der Waals surface area contributed by atoms with Crippen molar-refractivity contribution in [2.45, 2.75) is 26.2 Å². The molecule has 3 heteroatoms. The number of nitrogens with one attached hydrogen (secondary N) is 1. The van der Waals surface area contributed by atoms with Crippen LogP contribution in [0.1, 0.15) is 26.3 Å². The summed E-state index contributed by atoms with van der Waals surface area (Å²) in [5.74, 6) is 0. The molecular weight excluding hydrogens is 526 g/mol. The molecule has 8 aromatic rings. The molecule has 0 spiro atoms. The molecule has 8 rings (SSSR count). The van der Waals surface area contributed by atoms with E-state index in [4.69, 9.17) is 8.83 Å². The van der Waals surface area contributed by atoms with Crippen LogP contribution in [-0.2, 0) is 5.41 Å².